The van der Waals surface area contributed by atoms with E-state index in [-0.39, 0.29) is 23.9 Å². The van der Waals surface area contributed by atoms with Gasteiger partial charge < -0.3 is 10.4 Å². The number of hydrogen-bond donors (Lipinski definition) is 2. The minimum atomic E-state index is -0.803. The van der Waals surface area contributed by atoms with Gasteiger partial charge in [0.2, 0.25) is 5.91 Å². The number of hydrogen-bond acceptors (Lipinski definition) is 3. The molecule has 0 spiro atoms. The van der Waals surface area contributed by atoms with Crippen molar-refractivity contribution in [1.82, 2.24) is 10.2 Å². The van der Waals surface area contributed by atoms with Gasteiger partial charge in [0.05, 0.1) is 6.54 Å². The molecule has 17 heavy (non-hydrogen) atoms. The maximum absolute atomic E-state index is 11.9. The highest BCUT2D eigenvalue weighted by atomic mass is 16.4. The number of aliphatic carboxylic acids is 1. The van der Waals surface area contributed by atoms with Crippen molar-refractivity contribution < 1.29 is 14.7 Å². The van der Waals surface area contributed by atoms with Gasteiger partial charge in [-0.25, -0.2) is 0 Å². The van der Waals surface area contributed by atoms with Gasteiger partial charge in [-0.2, -0.15) is 0 Å². The van der Waals surface area contributed by atoms with Gasteiger partial charge in [0, 0.05) is 11.5 Å². The molecular formula is C12H22N2O3. The molecule has 0 bridgehead atoms. The number of carboxylic acid groups (broad SMARTS) is 1. The van der Waals surface area contributed by atoms with Crippen molar-refractivity contribution in [2.75, 3.05) is 19.6 Å². The number of carbonyl (C=O) groups is 2. The Balaban J connectivity index is 2.36. The van der Waals surface area contributed by atoms with Crippen molar-refractivity contribution in [1.29, 1.82) is 0 Å². The molecule has 1 heterocycles. The van der Waals surface area contributed by atoms with Crippen LogP contribution in [0.25, 0.3) is 0 Å². The third-order valence-corrected chi connectivity index (χ3v) is 2.82. The number of nitrogens with one attached hydrogen (secondary N) is 1. The molecule has 0 aromatic heterocycles. The zero-order chi connectivity index (χ0) is 13.1. The molecule has 1 aliphatic rings. The number of carboxylic acids is 1. The van der Waals surface area contributed by atoms with E-state index in [2.05, 4.69) is 5.32 Å². The Morgan fingerprint density at radius 2 is 1.82 bits per heavy atom. The third kappa shape index (κ3) is 5.17. The van der Waals surface area contributed by atoms with Crippen molar-refractivity contribution in [3.63, 3.8) is 0 Å². The molecule has 0 atom stereocenters. The second kappa shape index (κ2) is 5.49. The van der Waals surface area contributed by atoms with Crippen LogP contribution in [0.1, 0.15) is 33.6 Å². The van der Waals surface area contributed by atoms with Crippen LogP contribution in [-0.4, -0.2) is 47.1 Å². The molecule has 1 fully saturated rings. The second-order valence-corrected chi connectivity index (χ2v) is 5.68. The first kappa shape index (κ1) is 14.0. The molecule has 0 saturated carbocycles. The van der Waals surface area contributed by atoms with Crippen LogP contribution in [0, 0.1) is 5.92 Å². The summed E-state index contributed by atoms with van der Waals surface area (Å²) in [5, 5.41) is 11.6. The first-order chi connectivity index (χ1) is 7.78. The highest BCUT2D eigenvalue weighted by Gasteiger charge is 2.27. The summed E-state index contributed by atoms with van der Waals surface area (Å²) in [4.78, 5) is 24.3. The molecule has 5 nitrogen and oxygen atoms in total. The van der Waals surface area contributed by atoms with Crippen LogP contribution in [0.15, 0.2) is 0 Å². The van der Waals surface area contributed by atoms with Crippen LogP contribution in [0.3, 0.4) is 0 Å². The Morgan fingerprint density at radius 3 is 2.24 bits per heavy atom. The maximum atomic E-state index is 11.9. The molecule has 1 rings (SSSR count). The molecule has 0 aliphatic carbocycles. The lowest BCUT2D eigenvalue weighted by Crippen LogP contribution is -2.47. The molecule has 1 saturated heterocycles. The van der Waals surface area contributed by atoms with Crippen LogP contribution in [0.2, 0.25) is 0 Å². The summed E-state index contributed by atoms with van der Waals surface area (Å²) in [6.45, 7) is 7.34. The normalized spacial score (nSPS) is 19.0. The van der Waals surface area contributed by atoms with E-state index in [0.717, 1.165) is 12.8 Å². The molecule has 98 valence electrons. The number of amides is 1. The summed E-state index contributed by atoms with van der Waals surface area (Å²) in [6, 6.07) is 0. The molecular weight excluding hydrogens is 220 g/mol. The predicted molar refractivity (Wildman–Crippen MR) is 64.7 cm³/mol. The Bertz CT molecular complexity index is 289. The Labute approximate surface area is 102 Å². The van der Waals surface area contributed by atoms with Crippen molar-refractivity contribution in [3.8, 4) is 0 Å². The fraction of sp³-hybridized carbons (Fsp3) is 0.833. The van der Waals surface area contributed by atoms with Gasteiger partial charge in [-0.1, -0.05) is 0 Å². The van der Waals surface area contributed by atoms with Gasteiger partial charge >= 0.3 is 5.97 Å². The van der Waals surface area contributed by atoms with Crippen molar-refractivity contribution >= 4 is 11.9 Å². The van der Waals surface area contributed by atoms with E-state index in [9.17, 15) is 9.59 Å². The number of carbonyl (C=O) groups excluding carboxylic acids is 1. The molecule has 0 radical (unpaired) electrons. The summed E-state index contributed by atoms with van der Waals surface area (Å²) < 4.78 is 0. The van der Waals surface area contributed by atoms with Crippen molar-refractivity contribution in [2.45, 2.75) is 39.2 Å². The monoisotopic (exact) mass is 242 g/mol. The molecule has 1 aliphatic heterocycles. The quantitative estimate of drug-likeness (QED) is 0.764. The number of piperidine rings is 1. The van der Waals surface area contributed by atoms with Crippen LogP contribution < -0.4 is 5.32 Å². The number of nitrogens with zero attached hydrogens (tertiary/aromatic N) is 1. The lowest BCUT2D eigenvalue weighted by Gasteiger charge is -2.32. The maximum Gasteiger partial charge on any atom is 0.317 e. The molecule has 2 N–H and O–H groups in total. The predicted octanol–water partition coefficient (Wildman–Crippen LogP) is 0.698. The summed E-state index contributed by atoms with van der Waals surface area (Å²) in [6.07, 6.45) is 1.49. The zero-order valence-electron chi connectivity index (χ0n) is 10.8. The molecule has 5 heteroatoms. The minimum absolute atomic E-state index is 0.0271. The Morgan fingerprint density at radius 1 is 1.29 bits per heavy atom. The molecule has 0 aromatic carbocycles. The lowest BCUT2D eigenvalue weighted by molar-refractivity contribution is -0.138. The van der Waals surface area contributed by atoms with Crippen molar-refractivity contribution in [3.05, 3.63) is 0 Å². The van der Waals surface area contributed by atoms with E-state index in [0.29, 0.717) is 13.1 Å². The average molecular weight is 242 g/mol. The topological polar surface area (TPSA) is 69.6 Å². The lowest BCUT2D eigenvalue weighted by atomic mass is 9.94. The fourth-order valence-corrected chi connectivity index (χ4v) is 2.02. The molecule has 0 aromatic rings. The highest BCUT2D eigenvalue weighted by molar-refractivity contribution is 5.79. The van der Waals surface area contributed by atoms with Crippen LogP contribution in [-0.2, 0) is 9.59 Å². The van der Waals surface area contributed by atoms with E-state index in [1.54, 1.807) is 0 Å². The summed E-state index contributed by atoms with van der Waals surface area (Å²) in [7, 11) is 0. The number of rotatable bonds is 3. The van der Waals surface area contributed by atoms with Crippen LogP contribution in [0.5, 0.6) is 0 Å². The van der Waals surface area contributed by atoms with E-state index >= 15 is 0 Å². The number of likely N-dealkylation sites (tertiary alicyclic amines) is 1. The minimum Gasteiger partial charge on any atom is -0.480 e. The summed E-state index contributed by atoms with van der Waals surface area (Å²) in [5.74, 6) is -0.686. The van der Waals surface area contributed by atoms with E-state index in [1.165, 1.54) is 0 Å². The van der Waals surface area contributed by atoms with Gasteiger partial charge in [0.25, 0.3) is 0 Å². The van der Waals surface area contributed by atoms with Gasteiger partial charge in [0.15, 0.2) is 0 Å². The van der Waals surface area contributed by atoms with Gasteiger partial charge in [0.1, 0.15) is 0 Å². The standard InChI is InChI=1S/C12H22N2O3/c1-12(2,3)13-11(17)9-4-6-14(7-5-9)8-10(15)16/h9H,4-8H2,1-3H3,(H,13,17)(H,15,16). The van der Waals surface area contributed by atoms with E-state index in [4.69, 9.17) is 5.11 Å². The smallest absolute Gasteiger partial charge is 0.317 e. The molecule has 0 unspecified atom stereocenters. The van der Waals surface area contributed by atoms with Gasteiger partial charge in [-0.15, -0.1) is 0 Å². The zero-order valence-corrected chi connectivity index (χ0v) is 10.8. The van der Waals surface area contributed by atoms with Gasteiger partial charge in [-0.05, 0) is 46.7 Å². The van der Waals surface area contributed by atoms with Crippen LogP contribution >= 0.6 is 0 Å². The molecule has 1 amide bonds. The third-order valence-electron chi connectivity index (χ3n) is 2.82. The van der Waals surface area contributed by atoms with E-state index < -0.39 is 5.97 Å². The summed E-state index contributed by atoms with van der Waals surface area (Å²) >= 11 is 0. The fourth-order valence-electron chi connectivity index (χ4n) is 2.02. The van der Waals surface area contributed by atoms with Crippen molar-refractivity contribution in [2.24, 2.45) is 5.92 Å². The average Bonchev–Trinajstić information content (AvgIpc) is 2.15. The Hall–Kier alpha value is -1.10. The Kier molecular flexibility index (Phi) is 4.51. The largest absolute Gasteiger partial charge is 0.480 e. The SMILES string of the molecule is CC(C)(C)NC(=O)C1CCN(CC(=O)O)CC1. The van der Waals surface area contributed by atoms with Crippen LogP contribution in [0.4, 0.5) is 0 Å². The summed E-state index contributed by atoms with van der Waals surface area (Å²) in [5.41, 5.74) is -0.199. The van der Waals surface area contributed by atoms with E-state index in [1.807, 2.05) is 25.7 Å². The first-order valence-corrected chi connectivity index (χ1v) is 6.04. The second-order valence-electron chi connectivity index (χ2n) is 5.68. The highest BCUT2D eigenvalue weighted by Crippen LogP contribution is 2.18. The first-order valence-electron chi connectivity index (χ1n) is 6.04. The van der Waals surface area contributed by atoms with Gasteiger partial charge in [-0.3, -0.25) is 14.5 Å².